The summed E-state index contributed by atoms with van der Waals surface area (Å²) in [7, 11) is 0. The summed E-state index contributed by atoms with van der Waals surface area (Å²) in [6.45, 7) is 4.72. The van der Waals surface area contributed by atoms with E-state index in [1.165, 1.54) is 0 Å². The third-order valence-corrected chi connectivity index (χ3v) is 4.59. The van der Waals surface area contributed by atoms with E-state index >= 15 is 0 Å². The fourth-order valence-electron chi connectivity index (χ4n) is 3.23. The summed E-state index contributed by atoms with van der Waals surface area (Å²) in [6.07, 6.45) is 0.198. The molecule has 1 aliphatic rings. The third kappa shape index (κ3) is 3.32. The van der Waals surface area contributed by atoms with Crippen LogP contribution in [0.4, 0.5) is 11.4 Å². The third-order valence-electron chi connectivity index (χ3n) is 4.59. The predicted octanol–water partition coefficient (Wildman–Crippen LogP) is 3.70. The smallest absolute Gasteiger partial charge is 0.231 e. The number of hydrogen-bond acceptors (Lipinski definition) is 2. The Bertz CT molecular complexity index is 726. The molecule has 24 heavy (non-hydrogen) atoms. The van der Waals surface area contributed by atoms with Gasteiger partial charge in [-0.1, -0.05) is 50.2 Å². The molecule has 1 N–H and O–H groups in total. The Balaban J connectivity index is 1.73. The van der Waals surface area contributed by atoms with Gasteiger partial charge in [0.05, 0.1) is 5.92 Å². The van der Waals surface area contributed by atoms with Crippen molar-refractivity contribution >= 4 is 23.2 Å². The number of carbonyl (C=O) groups excluding carboxylic acids is 2. The Morgan fingerprint density at radius 3 is 2.29 bits per heavy atom. The first-order valence-corrected chi connectivity index (χ1v) is 8.19. The first-order valence-electron chi connectivity index (χ1n) is 8.19. The molecular weight excluding hydrogens is 300 g/mol. The number of benzene rings is 2. The van der Waals surface area contributed by atoms with Crippen LogP contribution in [0.25, 0.3) is 0 Å². The van der Waals surface area contributed by atoms with Crippen molar-refractivity contribution in [1.29, 1.82) is 0 Å². The van der Waals surface area contributed by atoms with Gasteiger partial charge < -0.3 is 10.2 Å². The summed E-state index contributed by atoms with van der Waals surface area (Å²) < 4.78 is 0. The van der Waals surface area contributed by atoms with Gasteiger partial charge >= 0.3 is 0 Å². The van der Waals surface area contributed by atoms with Crippen molar-refractivity contribution in [2.24, 2.45) is 11.3 Å². The van der Waals surface area contributed by atoms with Gasteiger partial charge in [0.1, 0.15) is 0 Å². The van der Waals surface area contributed by atoms with E-state index in [1.54, 1.807) is 4.90 Å². The van der Waals surface area contributed by atoms with E-state index in [2.05, 4.69) is 5.32 Å². The monoisotopic (exact) mass is 322 g/mol. The molecule has 2 aromatic carbocycles. The molecule has 0 saturated carbocycles. The number of hydrogen-bond donors (Lipinski definition) is 1. The minimum Gasteiger partial charge on any atom is -0.326 e. The Kier molecular flexibility index (Phi) is 4.38. The Labute approximate surface area is 142 Å². The molecule has 4 nitrogen and oxygen atoms in total. The molecule has 3 rings (SSSR count). The molecule has 2 amide bonds. The lowest BCUT2D eigenvalue weighted by molar-refractivity contribution is -0.126. The van der Waals surface area contributed by atoms with Crippen LogP contribution >= 0.6 is 0 Å². The SMILES string of the molecule is CC1(C)CN(c2ccccc2)C(=O)[C@H]1CC(=O)Nc1ccccc1. The molecule has 0 aliphatic carbocycles. The van der Waals surface area contributed by atoms with Gasteiger partial charge in [0, 0.05) is 24.3 Å². The molecule has 0 radical (unpaired) electrons. The maximum absolute atomic E-state index is 12.9. The normalized spacial score (nSPS) is 19.3. The first-order chi connectivity index (χ1) is 11.5. The summed E-state index contributed by atoms with van der Waals surface area (Å²) in [6, 6.07) is 19.0. The molecule has 0 bridgehead atoms. The van der Waals surface area contributed by atoms with Crippen molar-refractivity contribution in [3.05, 3.63) is 60.7 Å². The zero-order valence-electron chi connectivity index (χ0n) is 14.0. The lowest BCUT2D eigenvalue weighted by atomic mass is 9.79. The number of nitrogens with one attached hydrogen (secondary N) is 1. The highest BCUT2D eigenvalue weighted by Gasteiger charge is 2.47. The van der Waals surface area contributed by atoms with Crippen LogP contribution < -0.4 is 10.2 Å². The van der Waals surface area contributed by atoms with Crippen LogP contribution in [0.1, 0.15) is 20.3 Å². The highest BCUT2D eigenvalue weighted by atomic mass is 16.2. The van der Waals surface area contributed by atoms with E-state index in [1.807, 2.05) is 74.5 Å². The summed E-state index contributed by atoms with van der Waals surface area (Å²) in [4.78, 5) is 27.0. The molecule has 0 unspecified atom stereocenters. The van der Waals surface area contributed by atoms with Crippen LogP contribution in [0.2, 0.25) is 0 Å². The second-order valence-corrected chi connectivity index (χ2v) is 6.92. The van der Waals surface area contributed by atoms with Crippen molar-refractivity contribution in [2.45, 2.75) is 20.3 Å². The number of amides is 2. The summed E-state index contributed by atoms with van der Waals surface area (Å²) in [5, 5.41) is 2.87. The van der Waals surface area contributed by atoms with Crippen LogP contribution in [-0.4, -0.2) is 18.4 Å². The second-order valence-electron chi connectivity index (χ2n) is 6.92. The average Bonchev–Trinajstić information content (AvgIpc) is 2.80. The molecule has 1 aliphatic heterocycles. The zero-order chi connectivity index (χ0) is 17.2. The molecule has 4 heteroatoms. The van der Waals surface area contributed by atoms with E-state index in [9.17, 15) is 9.59 Å². The number of nitrogens with zero attached hydrogens (tertiary/aromatic N) is 1. The molecule has 1 saturated heterocycles. The van der Waals surface area contributed by atoms with Gasteiger partial charge in [0.15, 0.2) is 0 Å². The lowest BCUT2D eigenvalue weighted by Crippen LogP contribution is -2.30. The van der Waals surface area contributed by atoms with E-state index < -0.39 is 0 Å². The van der Waals surface area contributed by atoms with Gasteiger partial charge in [-0.25, -0.2) is 0 Å². The van der Waals surface area contributed by atoms with Gasteiger partial charge in [-0.2, -0.15) is 0 Å². The number of anilines is 2. The van der Waals surface area contributed by atoms with Crippen LogP contribution in [0.15, 0.2) is 60.7 Å². The topological polar surface area (TPSA) is 49.4 Å². The van der Waals surface area contributed by atoms with Gasteiger partial charge in [0.2, 0.25) is 11.8 Å². The van der Waals surface area contributed by atoms with Crippen LogP contribution in [0, 0.1) is 11.3 Å². The molecule has 1 fully saturated rings. The van der Waals surface area contributed by atoms with Gasteiger partial charge in [0.25, 0.3) is 0 Å². The Morgan fingerprint density at radius 1 is 1.08 bits per heavy atom. The fourth-order valence-corrected chi connectivity index (χ4v) is 3.23. The summed E-state index contributed by atoms with van der Waals surface area (Å²) >= 11 is 0. The standard InChI is InChI=1S/C20H22N2O2/c1-20(2)14-22(16-11-7-4-8-12-16)19(24)17(20)13-18(23)21-15-9-5-3-6-10-15/h3-12,17H,13-14H2,1-2H3,(H,21,23)/t17-/m1/s1. The van der Waals surface area contributed by atoms with E-state index in [0.29, 0.717) is 6.54 Å². The largest absolute Gasteiger partial charge is 0.326 e. The van der Waals surface area contributed by atoms with Crippen molar-refractivity contribution in [1.82, 2.24) is 0 Å². The van der Waals surface area contributed by atoms with E-state index in [0.717, 1.165) is 11.4 Å². The Hall–Kier alpha value is -2.62. The van der Waals surface area contributed by atoms with Crippen molar-refractivity contribution in [3.8, 4) is 0 Å². The Morgan fingerprint density at radius 2 is 1.67 bits per heavy atom. The minimum atomic E-state index is -0.318. The van der Waals surface area contributed by atoms with Crippen LogP contribution in [-0.2, 0) is 9.59 Å². The molecule has 1 heterocycles. The van der Waals surface area contributed by atoms with E-state index in [4.69, 9.17) is 0 Å². The molecular formula is C20H22N2O2. The lowest BCUT2D eigenvalue weighted by Gasteiger charge is -2.23. The maximum atomic E-state index is 12.9. The number of para-hydroxylation sites is 2. The molecule has 0 spiro atoms. The second kappa shape index (κ2) is 6.48. The molecule has 2 aromatic rings. The van der Waals surface area contributed by atoms with Crippen molar-refractivity contribution in [2.75, 3.05) is 16.8 Å². The minimum absolute atomic E-state index is 0.0226. The first kappa shape index (κ1) is 16.2. The van der Waals surface area contributed by atoms with Gasteiger partial charge in [-0.05, 0) is 29.7 Å². The molecule has 124 valence electrons. The average molecular weight is 322 g/mol. The zero-order valence-corrected chi connectivity index (χ0v) is 14.0. The number of carbonyl (C=O) groups is 2. The fraction of sp³-hybridized carbons (Fsp3) is 0.300. The predicted molar refractivity (Wildman–Crippen MR) is 95.8 cm³/mol. The summed E-state index contributed by atoms with van der Waals surface area (Å²) in [5.41, 5.74) is 1.40. The van der Waals surface area contributed by atoms with Crippen molar-refractivity contribution < 1.29 is 9.59 Å². The van der Waals surface area contributed by atoms with Crippen molar-refractivity contribution in [3.63, 3.8) is 0 Å². The van der Waals surface area contributed by atoms with Gasteiger partial charge in [-0.15, -0.1) is 0 Å². The van der Waals surface area contributed by atoms with Gasteiger partial charge in [-0.3, -0.25) is 9.59 Å². The molecule has 1 atom stereocenters. The quantitative estimate of drug-likeness (QED) is 0.933. The van der Waals surface area contributed by atoms with Crippen LogP contribution in [0.3, 0.4) is 0 Å². The van der Waals surface area contributed by atoms with Crippen LogP contribution in [0.5, 0.6) is 0 Å². The number of rotatable bonds is 4. The maximum Gasteiger partial charge on any atom is 0.231 e. The molecule has 0 aromatic heterocycles. The summed E-state index contributed by atoms with van der Waals surface area (Å²) in [5.74, 6) is -0.418. The highest BCUT2D eigenvalue weighted by molar-refractivity contribution is 6.02. The highest BCUT2D eigenvalue weighted by Crippen LogP contribution is 2.40. The van der Waals surface area contributed by atoms with E-state index in [-0.39, 0.29) is 29.6 Å².